The number of hydrogen-bond acceptors (Lipinski definition) is 3. The number of aryl methyl sites for hydroxylation is 1. The second-order valence-electron chi connectivity index (χ2n) is 6.36. The van der Waals surface area contributed by atoms with E-state index in [0.717, 1.165) is 36.3 Å². The first kappa shape index (κ1) is 15.8. The van der Waals surface area contributed by atoms with Gasteiger partial charge in [-0.1, -0.05) is 19.1 Å². The van der Waals surface area contributed by atoms with Crippen LogP contribution in [0.25, 0.3) is 11.3 Å². The molecule has 1 saturated carbocycles. The molecular weight excluding hydrogens is 290 g/mol. The lowest BCUT2D eigenvalue weighted by Gasteiger charge is -2.37. The minimum Gasteiger partial charge on any atom is -0.461 e. The maximum Gasteiger partial charge on any atom is 0.251 e. The summed E-state index contributed by atoms with van der Waals surface area (Å²) in [6.45, 7) is 3.97. The van der Waals surface area contributed by atoms with Gasteiger partial charge in [-0.15, -0.1) is 0 Å². The SMILES string of the molecule is CC[C@@H](NC(=O)c1cccc(-c2ccc(C)o2)c1)C1CC(O)C1. The molecule has 23 heavy (non-hydrogen) atoms. The Kier molecular flexibility index (Phi) is 4.53. The molecule has 4 nitrogen and oxygen atoms in total. The van der Waals surface area contributed by atoms with Crippen LogP contribution in [0.15, 0.2) is 40.8 Å². The van der Waals surface area contributed by atoms with Crippen molar-refractivity contribution in [3.05, 3.63) is 47.7 Å². The lowest BCUT2D eigenvalue weighted by atomic mass is 9.76. The largest absolute Gasteiger partial charge is 0.461 e. The van der Waals surface area contributed by atoms with Gasteiger partial charge in [0.05, 0.1) is 6.10 Å². The highest BCUT2D eigenvalue weighted by Gasteiger charge is 2.33. The summed E-state index contributed by atoms with van der Waals surface area (Å²) >= 11 is 0. The molecule has 0 spiro atoms. The summed E-state index contributed by atoms with van der Waals surface area (Å²) < 4.78 is 5.62. The number of hydrogen-bond donors (Lipinski definition) is 2. The molecule has 1 aromatic carbocycles. The van der Waals surface area contributed by atoms with Gasteiger partial charge >= 0.3 is 0 Å². The monoisotopic (exact) mass is 313 g/mol. The van der Waals surface area contributed by atoms with Crippen LogP contribution in [-0.2, 0) is 0 Å². The van der Waals surface area contributed by atoms with Crippen LogP contribution in [0.5, 0.6) is 0 Å². The smallest absolute Gasteiger partial charge is 0.251 e. The maximum atomic E-state index is 12.5. The number of rotatable bonds is 5. The van der Waals surface area contributed by atoms with Gasteiger partial charge in [0, 0.05) is 17.2 Å². The van der Waals surface area contributed by atoms with Crippen molar-refractivity contribution in [1.82, 2.24) is 5.32 Å². The third-order valence-electron chi connectivity index (χ3n) is 4.62. The van der Waals surface area contributed by atoms with Crippen molar-refractivity contribution in [3.63, 3.8) is 0 Å². The van der Waals surface area contributed by atoms with Crippen molar-refractivity contribution in [1.29, 1.82) is 0 Å². The van der Waals surface area contributed by atoms with E-state index < -0.39 is 0 Å². The van der Waals surface area contributed by atoms with Gasteiger partial charge < -0.3 is 14.8 Å². The van der Waals surface area contributed by atoms with Gasteiger partial charge in [-0.25, -0.2) is 0 Å². The summed E-state index contributed by atoms with van der Waals surface area (Å²) in [6, 6.07) is 11.4. The molecule has 0 aliphatic heterocycles. The molecule has 0 bridgehead atoms. The fourth-order valence-electron chi connectivity index (χ4n) is 3.17. The average Bonchev–Trinajstić information content (AvgIpc) is 2.96. The number of carbonyl (C=O) groups is 1. The van der Waals surface area contributed by atoms with E-state index in [1.807, 2.05) is 43.3 Å². The Balaban J connectivity index is 1.72. The second-order valence-corrected chi connectivity index (χ2v) is 6.36. The Morgan fingerprint density at radius 1 is 1.35 bits per heavy atom. The lowest BCUT2D eigenvalue weighted by Crippen LogP contribution is -2.46. The van der Waals surface area contributed by atoms with Crippen LogP contribution in [0.2, 0.25) is 0 Å². The molecule has 3 rings (SSSR count). The molecule has 0 unspecified atom stereocenters. The molecule has 2 aromatic rings. The summed E-state index contributed by atoms with van der Waals surface area (Å²) in [6.07, 6.45) is 2.24. The molecular formula is C19H23NO3. The minimum atomic E-state index is -0.198. The lowest BCUT2D eigenvalue weighted by molar-refractivity contribution is 0.0232. The Morgan fingerprint density at radius 3 is 2.74 bits per heavy atom. The number of amides is 1. The quantitative estimate of drug-likeness (QED) is 0.887. The van der Waals surface area contributed by atoms with Crippen LogP contribution in [0, 0.1) is 12.8 Å². The number of aliphatic hydroxyl groups is 1. The van der Waals surface area contributed by atoms with E-state index in [9.17, 15) is 9.90 Å². The van der Waals surface area contributed by atoms with Crippen molar-refractivity contribution in [2.24, 2.45) is 5.92 Å². The third-order valence-corrected chi connectivity index (χ3v) is 4.62. The highest BCUT2D eigenvalue weighted by atomic mass is 16.3. The summed E-state index contributed by atoms with van der Waals surface area (Å²) in [5.41, 5.74) is 1.53. The van der Waals surface area contributed by atoms with E-state index in [4.69, 9.17) is 4.42 Å². The van der Waals surface area contributed by atoms with Crippen LogP contribution in [-0.4, -0.2) is 23.2 Å². The molecule has 0 saturated heterocycles. The second kappa shape index (κ2) is 6.59. The van der Waals surface area contributed by atoms with Crippen LogP contribution < -0.4 is 5.32 Å². The summed E-state index contributed by atoms with van der Waals surface area (Å²) in [5.74, 6) is 1.94. The van der Waals surface area contributed by atoms with E-state index >= 15 is 0 Å². The molecule has 1 aliphatic carbocycles. The van der Waals surface area contributed by atoms with Crippen LogP contribution >= 0.6 is 0 Å². The molecule has 1 fully saturated rings. The topological polar surface area (TPSA) is 62.5 Å². The fraction of sp³-hybridized carbons (Fsp3) is 0.421. The standard InChI is InChI=1S/C19H23NO3/c1-3-17(15-10-16(21)11-15)20-19(22)14-6-4-5-13(9-14)18-8-7-12(2)23-18/h4-9,15-17,21H,3,10-11H2,1-2H3,(H,20,22)/t15?,16?,17-/m1/s1. The Morgan fingerprint density at radius 2 is 2.13 bits per heavy atom. The number of benzene rings is 1. The highest BCUT2D eigenvalue weighted by molar-refractivity contribution is 5.95. The Bertz CT molecular complexity index is 685. The van der Waals surface area contributed by atoms with Crippen LogP contribution in [0.1, 0.15) is 42.3 Å². The number of furan rings is 1. The zero-order valence-electron chi connectivity index (χ0n) is 13.6. The van der Waals surface area contributed by atoms with E-state index in [1.54, 1.807) is 0 Å². The van der Waals surface area contributed by atoms with Crippen LogP contribution in [0.4, 0.5) is 0 Å². The van der Waals surface area contributed by atoms with Gasteiger partial charge in [0.25, 0.3) is 5.91 Å². The molecule has 4 heteroatoms. The van der Waals surface area contributed by atoms with Gasteiger partial charge in [0.1, 0.15) is 11.5 Å². The molecule has 1 atom stereocenters. The predicted molar refractivity (Wildman–Crippen MR) is 89.2 cm³/mol. The van der Waals surface area contributed by atoms with Gasteiger partial charge in [-0.3, -0.25) is 4.79 Å². The van der Waals surface area contributed by atoms with E-state index in [-0.39, 0.29) is 18.1 Å². The van der Waals surface area contributed by atoms with Crippen molar-refractivity contribution < 1.29 is 14.3 Å². The van der Waals surface area contributed by atoms with Gasteiger partial charge in [-0.05, 0) is 56.4 Å². The normalized spacial score (nSPS) is 21.5. The molecule has 1 heterocycles. The van der Waals surface area contributed by atoms with E-state index in [0.29, 0.717) is 11.5 Å². The minimum absolute atomic E-state index is 0.0663. The average molecular weight is 313 g/mol. The molecule has 122 valence electrons. The van der Waals surface area contributed by atoms with Crippen molar-refractivity contribution in [3.8, 4) is 11.3 Å². The molecule has 0 radical (unpaired) electrons. The van der Waals surface area contributed by atoms with E-state index in [1.165, 1.54) is 0 Å². The first-order valence-corrected chi connectivity index (χ1v) is 8.22. The van der Waals surface area contributed by atoms with E-state index in [2.05, 4.69) is 12.2 Å². The summed E-state index contributed by atoms with van der Waals surface area (Å²) in [7, 11) is 0. The Hall–Kier alpha value is -2.07. The third kappa shape index (κ3) is 3.48. The first-order valence-electron chi connectivity index (χ1n) is 8.22. The molecule has 1 aliphatic rings. The summed E-state index contributed by atoms with van der Waals surface area (Å²) in [4.78, 5) is 12.5. The number of carbonyl (C=O) groups excluding carboxylic acids is 1. The molecule has 1 aromatic heterocycles. The van der Waals surface area contributed by atoms with Crippen molar-refractivity contribution in [2.45, 2.75) is 45.3 Å². The summed E-state index contributed by atoms with van der Waals surface area (Å²) in [5, 5.41) is 12.6. The van der Waals surface area contributed by atoms with Crippen molar-refractivity contribution >= 4 is 5.91 Å². The van der Waals surface area contributed by atoms with Crippen molar-refractivity contribution in [2.75, 3.05) is 0 Å². The maximum absolute atomic E-state index is 12.5. The zero-order chi connectivity index (χ0) is 16.4. The Labute approximate surface area is 136 Å². The zero-order valence-corrected chi connectivity index (χ0v) is 13.6. The predicted octanol–water partition coefficient (Wildman–Crippen LogP) is 3.53. The number of aliphatic hydroxyl groups excluding tert-OH is 1. The molecule has 2 N–H and O–H groups in total. The first-order chi connectivity index (χ1) is 11.1. The molecule has 1 amide bonds. The highest BCUT2D eigenvalue weighted by Crippen LogP contribution is 2.31. The fourth-order valence-corrected chi connectivity index (χ4v) is 3.17. The van der Waals surface area contributed by atoms with Crippen LogP contribution in [0.3, 0.4) is 0 Å². The van der Waals surface area contributed by atoms with Gasteiger partial charge in [0.2, 0.25) is 0 Å². The van der Waals surface area contributed by atoms with Gasteiger partial charge in [0.15, 0.2) is 0 Å². The number of nitrogens with one attached hydrogen (secondary N) is 1. The van der Waals surface area contributed by atoms with Gasteiger partial charge in [-0.2, -0.15) is 0 Å².